The fourth-order valence-electron chi connectivity index (χ4n) is 3.40. The number of rotatable bonds is 9. The minimum Gasteiger partial charge on any atom is -0.370 e. The second kappa shape index (κ2) is 10.8. The molecule has 1 aromatic carbocycles. The van der Waals surface area contributed by atoms with Crippen LogP contribution in [0.25, 0.3) is 10.9 Å². The van der Waals surface area contributed by atoms with E-state index in [1.54, 1.807) is 4.57 Å². The van der Waals surface area contributed by atoms with Crippen LogP contribution in [0.5, 0.6) is 0 Å². The largest absolute Gasteiger partial charge is 0.370 e. The fraction of sp³-hybridized carbons (Fsp3) is 0.571. The molecular formula is C21H31N4O3S+. The van der Waals surface area contributed by atoms with Gasteiger partial charge in [0.2, 0.25) is 5.91 Å². The van der Waals surface area contributed by atoms with Gasteiger partial charge in [-0.1, -0.05) is 30.8 Å². The van der Waals surface area contributed by atoms with E-state index in [9.17, 15) is 9.59 Å². The molecule has 158 valence electrons. The smallest absolute Gasteiger partial charge is 0.262 e. The number of morpholine rings is 1. The van der Waals surface area contributed by atoms with Crippen molar-refractivity contribution in [2.45, 2.75) is 44.4 Å². The molecule has 0 unspecified atom stereocenters. The summed E-state index contributed by atoms with van der Waals surface area (Å²) in [6.45, 7) is 9.28. The van der Waals surface area contributed by atoms with E-state index in [1.807, 2.05) is 38.1 Å². The van der Waals surface area contributed by atoms with Crippen molar-refractivity contribution in [3.8, 4) is 0 Å². The van der Waals surface area contributed by atoms with E-state index in [2.05, 4.69) is 5.32 Å². The van der Waals surface area contributed by atoms with Crippen molar-refractivity contribution in [2.75, 3.05) is 38.6 Å². The lowest BCUT2D eigenvalue weighted by atomic mass is 10.2. The Hall–Kier alpha value is -1.90. The first kappa shape index (κ1) is 21.8. The average Bonchev–Trinajstić information content (AvgIpc) is 2.74. The first-order valence-corrected chi connectivity index (χ1v) is 11.4. The minimum absolute atomic E-state index is 0.0302. The van der Waals surface area contributed by atoms with E-state index < -0.39 is 0 Å². The van der Waals surface area contributed by atoms with Crippen molar-refractivity contribution >= 4 is 28.6 Å². The van der Waals surface area contributed by atoms with Crippen LogP contribution in [0.4, 0.5) is 0 Å². The summed E-state index contributed by atoms with van der Waals surface area (Å²) in [7, 11) is 0. The summed E-state index contributed by atoms with van der Waals surface area (Å²) in [5.74, 6) is 0.222. The number of ether oxygens (including phenoxy) is 1. The molecule has 1 amide bonds. The van der Waals surface area contributed by atoms with Gasteiger partial charge in [-0.2, -0.15) is 0 Å². The molecule has 2 N–H and O–H groups in total. The first-order chi connectivity index (χ1) is 14.1. The van der Waals surface area contributed by atoms with Crippen LogP contribution in [0, 0.1) is 0 Å². The summed E-state index contributed by atoms with van der Waals surface area (Å²) >= 11 is 1.34. The van der Waals surface area contributed by atoms with Gasteiger partial charge in [0.25, 0.3) is 5.56 Å². The van der Waals surface area contributed by atoms with Crippen molar-refractivity contribution in [1.82, 2.24) is 14.9 Å². The molecular weight excluding hydrogens is 388 g/mol. The molecule has 0 saturated carbocycles. The third-order valence-corrected chi connectivity index (χ3v) is 6.27. The van der Waals surface area contributed by atoms with Crippen LogP contribution < -0.4 is 15.8 Å². The lowest BCUT2D eigenvalue weighted by Crippen LogP contribution is -3.14. The number of hydrogen-bond donors (Lipinski definition) is 2. The van der Waals surface area contributed by atoms with E-state index in [4.69, 9.17) is 9.72 Å². The monoisotopic (exact) mass is 419 g/mol. The number of nitrogens with one attached hydrogen (secondary N) is 2. The highest BCUT2D eigenvalue weighted by atomic mass is 32.2. The maximum absolute atomic E-state index is 13.1. The Bertz CT molecular complexity index is 880. The highest BCUT2D eigenvalue weighted by molar-refractivity contribution is 7.99. The zero-order chi connectivity index (χ0) is 20.6. The Kier molecular flexibility index (Phi) is 8.09. The molecule has 7 nitrogen and oxygen atoms in total. The summed E-state index contributed by atoms with van der Waals surface area (Å²) in [6.07, 6.45) is 1.78. The number of carbonyl (C=O) groups is 1. The maximum Gasteiger partial charge on any atom is 0.262 e. The Morgan fingerprint density at radius 2 is 2.10 bits per heavy atom. The molecule has 3 rings (SSSR count). The number of fused-ring (bicyclic) bond motifs is 1. The van der Waals surface area contributed by atoms with Crippen LogP contribution in [0.15, 0.2) is 34.2 Å². The number of quaternary nitrogens is 1. The third kappa shape index (κ3) is 6.04. The molecule has 2 heterocycles. The van der Waals surface area contributed by atoms with Crippen LogP contribution >= 0.6 is 11.8 Å². The standard InChI is InChI=1S/C21H30N4O3S/c1-3-16(2)22-19(26)15-29-21-23-18-8-5-4-7-17(18)20(27)25(21)10-6-9-24-11-13-28-14-12-24/h4-5,7-8,16H,3,6,9-15H2,1-2H3,(H,22,26)/p+1/t16-/m1/s1. The lowest BCUT2D eigenvalue weighted by molar-refractivity contribution is -0.908. The number of benzene rings is 1. The SMILES string of the molecule is CC[C@@H](C)NC(=O)CSc1nc2ccccc2c(=O)n1CCC[NH+]1CCOCC1. The number of thioether (sulfide) groups is 1. The van der Waals surface area contributed by atoms with Gasteiger partial charge in [-0.05, 0) is 25.5 Å². The summed E-state index contributed by atoms with van der Waals surface area (Å²) in [5.41, 5.74) is 0.648. The van der Waals surface area contributed by atoms with E-state index >= 15 is 0 Å². The molecule has 29 heavy (non-hydrogen) atoms. The van der Waals surface area contributed by atoms with Gasteiger partial charge in [0, 0.05) is 19.0 Å². The van der Waals surface area contributed by atoms with Gasteiger partial charge in [0.05, 0.1) is 36.4 Å². The van der Waals surface area contributed by atoms with Crippen LogP contribution in [0.2, 0.25) is 0 Å². The molecule has 0 bridgehead atoms. The molecule has 8 heteroatoms. The van der Waals surface area contributed by atoms with Crippen LogP contribution in [-0.2, 0) is 16.1 Å². The molecule has 1 aliphatic rings. The van der Waals surface area contributed by atoms with Gasteiger partial charge in [0.15, 0.2) is 5.16 Å². The van der Waals surface area contributed by atoms with Crippen molar-refractivity contribution in [1.29, 1.82) is 0 Å². The topological polar surface area (TPSA) is 77.7 Å². The minimum atomic E-state index is -0.0314. The van der Waals surface area contributed by atoms with Gasteiger partial charge in [-0.25, -0.2) is 4.98 Å². The van der Waals surface area contributed by atoms with E-state index in [-0.39, 0.29) is 23.3 Å². The summed E-state index contributed by atoms with van der Waals surface area (Å²) < 4.78 is 7.15. The highest BCUT2D eigenvalue weighted by Gasteiger charge is 2.16. The number of aromatic nitrogens is 2. The van der Waals surface area contributed by atoms with E-state index in [0.717, 1.165) is 45.7 Å². The number of carbonyl (C=O) groups excluding carboxylic acids is 1. The molecule has 2 aromatic rings. The summed E-state index contributed by atoms with van der Waals surface area (Å²) in [6, 6.07) is 7.55. The van der Waals surface area contributed by atoms with Crippen molar-refractivity contribution in [3.05, 3.63) is 34.6 Å². The molecule has 1 atom stereocenters. The van der Waals surface area contributed by atoms with E-state index in [0.29, 0.717) is 22.6 Å². The molecule has 1 aromatic heterocycles. The summed E-state index contributed by atoms with van der Waals surface area (Å²) in [4.78, 5) is 31.5. The zero-order valence-electron chi connectivity index (χ0n) is 17.3. The molecule has 0 aliphatic carbocycles. The van der Waals surface area contributed by atoms with Gasteiger partial charge >= 0.3 is 0 Å². The number of para-hydroxylation sites is 1. The normalized spacial score (nSPS) is 16.1. The second-order valence-electron chi connectivity index (χ2n) is 7.50. The highest BCUT2D eigenvalue weighted by Crippen LogP contribution is 2.18. The summed E-state index contributed by atoms with van der Waals surface area (Å²) in [5, 5.41) is 4.21. The second-order valence-corrected chi connectivity index (χ2v) is 8.44. The van der Waals surface area contributed by atoms with Crippen LogP contribution in [0.1, 0.15) is 26.7 Å². The Labute approximate surface area is 175 Å². The molecule has 1 aliphatic heterocycles. The van der Waals surface area contributed by atoms with Gasteiger partial charge in [-0.15, -0.1) is 0 Å². The lowest BCUT2D eigenvalue weighted by Gasteiger charge is -2.24. The quantitative estimate of drug-likeness (QED) is 0.462. The fourth-order valence-corrected chi connectivity index (χ4v) is 4.24. The predicted octanol–water partition coefficient (Wildman–Crippen LogP) is 0.709. The molecule has 0 radical (unpaired) electrons. The number of hydrogen-bond acceptors (Lipinski definition) is 5. The van der Waals surface area contributed by atoms with Crippen molar-refractivity contribution in [2.24, 2.45) is 0 Å². The Morgan fingerprint density at radius 3 is 2.86 bits per heavy atom. The van der Waals surface area contributed by atoms with Gasteiger partial charge < -0.3 is 15.0 Å². The number of amides is 1. The van der Waals surface area contributed by atoms with E-state index in [1.165, 1.54) is 16.7 Å². The molecule has 1 saturated heterocycles. The van der Waals surface area contributed by atoms with Crippen molar-refractivity contribution < 1.29 is 14.4 Å². The Morgan fingerprint density at radius 1 is 1.34 bits per heavy atom. The van der Waals surface area contributed by atoms with Crippen LogP contribution in [-0.4, -0.2) is 60.1 Å². The number of nitrogens with zero attached hydrogens (tertiary/aromatic N) is 2. The molecule has 1 fully saturated rings. The Balaban J connectivity index is 1.74. The molecule has 0 spiro atoms. The maximum atomic E-state index is 13.1. The van der Waals surface area contributed by atoms with Gasteiger partial charge in [0.1, 0.15) is 13.1 Å². The average molecular weight is 420 g/mol. The van der Waals surface area contributed by atoms with Crippen LogP contribution in [0.3, 0.4) is 0 Å². The predicted molar refractivity (Wildman–Crippen MR) is 116 cm³/mol. The van der Waals surface area contributed by atoms with Crippen molar-refractivity contribution in [3.63, 3.8) is 0 Å². The zero-order valence-corrected chi connectivity index (χ0v) is 18.1. The van der Waals surface area contributed by atoms with Gasteiger partial charge in [-0.3, -0.25) is 14.2 Å². The third-order valence-electron chi connectivity index (χ3n) is 5.29. The first-order valence-electron chi connectivity index (χ1n) is 10.4.